The highest BCUT2D eigenvalue weighted by atomic mass is 19.1. The highest BCUT2D eigenvalue weighted by Gasteiger charge is 2.09. The van der Waals surface area contributed by atoms with Crippen molar-refractivity contribution in [1.82, 2.24) is 9.88 Å². The van der Waals surface area contributed by atoms with Crippen LogP contribution in [0.2, 0.25) is 0 Å². The highest BCUT2D eigenvalue weighted by molar-refractivity contribution is 5.95. The van der Waals surface area contributed by atoms with Crippen LogP contribution in [0.25, 0.3) is 0 Å². The number of nitrogens with one attached hydrogen (secondary N) is 1. The van der Waals surface area contributed by atoms with Crippen molar-refractivity contribution in [2.24, 2.45) is 7.05 Å². The lowest BCUT2D eigenvalue weighted by Gasteiger charge is -2.06. The molecule has 2 aromatic rings. The van der Waals surface area contributed by atoms with Crippen LogP contribution in [-0.4, -0.2) is 10.5 Å². The van der Waals surface area contributed by atoms with Crippen molar-refractivity contribution >= 4 is 5.91 Å². The second-order valence-electron chi connectivity index (χ2n) is 4.33. The Hall–Kier alpha value is -2.10. The Morgan fingerprint density at radius 2 is 2.17 bits per heavy atom. The van der Waals surface area contributed by atoms with Crippen LogP contribution in [0.3, 0.4) is 0 Å². The minimum Gasteiger partial charge on any atom is -0.357 e. The predicted octanol–water partition coefficient (Wildman–Crippen LogP) is 2.40. The third kappa shape index (κ3) is 2.77. The fraction of sp³-hybridized carbons (Fsp3) is 0.214. The molecule has 3 nitrogen and oxygen atoms in total. The van der Waals surface area contributed by atoms with Gasteiger partial charge < -0.3 is 9.88 Å². The number of hydrogen-bond acceptors (Lipinski definition) is 1. The number of amides is 1. The average Bonchev–Trinajstić information content (AvgIpc) is 2.72. The summed E-state index contributed by atoms with van der Waals surface area (Å²) >= 11 is 0. The lowest BCUT2D eigenvalue weighted by molar-refractivity contribution is 0.0950. The number of aromatic nitrogens is 1. The Balaban J connectivity index is 2.03. The highest BCUT2D eigenvalue weighted by Crippen LogP contribution is 2.10. The van der Waals surface area contributed by atoms with E-state index in [2.05, 4.69) is 5.32 Å². The van der Waals surface area contributed by atoms with Gasteiger partial charge in [-0.2, -0.15) is 0 Å². The number of nitrogens with zero attached hydrogens (tertiary/aromatic N) is 1. The molecule has 4 heteroatoms. The molecule has 0 radical (unpaired) electrons. The first-order valence-corrected chi connectivity index (χ1v) is 5.71. The number of aryl methyl sites for hydroxylation is 2. The lowest BCUT2D eigenvalue weighted by atomic mass is 10.1. The maximum absolute atomic E-state index is 12.9. The standard InChI is InChI=1S/C14H15FN2O/c1-10-7-12(15)3-4-13(10)14(18)16-8-11-5-6-17(2)9-11/h3-7,9H,8H2,1-2H3,(H,16,18). The molecule has 1 N–H and O–H groups in total. The molecule has 1 heterocycles. The average molecular weight is 246 g/mol. The molecule has 0 spiro atoms. The first-order valence-electron chi connectivity index (χ1n) is 5.71. The van der Waals surface area contributed by atoms with Crippen LogP contribution in [-0.2, 0) is 13.6 Å². The van der Waals surface area contributed by atoms with Crippen molar-refractivity contribution in [3.63, 3.8) is 0 Å². The summed E-state index contributed by atoms with van der Waals surface area (Å²) in [6.07, 6.45) is 3.86. The zero-order chi connectivity index (χ0) is 13.1. The van der Waals surface area contributed by atoms with Crippen LogP contribution in [0.4, 0.5) is 4.39 Å². The summed E-state index contributed by atoms with van der Waals surface area (Å²) in [7, 11) is 1.93. The van der Waals surface area contributed by atoms with Crippen LogP contribution in [0.1, 0.15) is 21.5 Å². The number of halogens is 1. The SMILES string of the molecule is Cc1cc(F)ccc1C(=O)NCc1ccn(C)c1. The third-order valence-corrected chi connectivity index (χ3v) is 2.78. The van der Waals surface area contributed by atoms with Crippen molar-refractivity contribution in [1.29, 1.82) is 0 Å². The second-order valence-corrected chi connectivity index (χ2v) is 4.33. The summed E-state index contributed by atoms with van der Waals surface area (Å²) in [6, 6.07) is 6.10. The molecule has 18 heavy (non-hydrogen) atoms. The molecule has 0 bridgehead atoms. The lowest BCUT2D eigenvalue weighted by Crippen LogP contribution is -2.23. The second kappa shape index (κ2) is 5.04. The zero-order valence-corrected chi connectivity index (χ0v) is 10.4. The third-order valence-electron chi connectivity index (χ3n) is 2.78. The number of rotatable bonds is 3. The Kier molecular flexibility index (Phi) is 3.46. The van der Waals surface area contributed by atoms with Gasteiger partial charge in [0, 0.05) is 31.5 Å². The summed E-state index contributed by atoms with van der Waals surface area (Å²) in [4.78, 5) is 11.9. The molecule has 1 amide bonds. The van der Waals surface area contributed by atoms with E-state index in [-0.39, 0.29) is 11.7 Å². The molecular weight excluding hydrogens is 231 g/mol. The van der Waals surface area contributed by atoms with Gasteiger partial charge in [0.15, 0.2) is 0 Å². The fourth-order valence-electron chi connectivity index (χ4n) is 1.82. The minimum atomic E-state index is -0.327. The number of benzene rings is 1. The monoisotopic (exact) mass is 246 g/mol. The summed E-state index contributed by atoms with van der Waals surface area (Å²) in [5.74, 6) is -0.511. The van der Waals surface area contributed by atoms with Gasteiger partial charge in [-0.15, -0.1) is 0 Å². The van der Waals surface area contributed by atoms with Gasteiger partial charge in [-0.25, -0.2) is 4.39 Å². The van der Waals surface area contributed by atoms with Crippen LogP contribution in [0.15, 0.2) is 36.7 Å². The molecule has 1 aromatic heterocycles. The van der Waals surface area contributed by atoms with Gasteiger partial charge in [0.25, 0.3) is 5.91 Å². The molecule has 94 valence electrons. The van der Waals surface area contributed by atoms with Gasteiger partial charge in [0.2, 0.25) is 0 Å². The van der Waals surface area contributed by atoms with Gasteiger partial charge in [-0.05, 0) is 42.3 Å². The van der Waals surface area contributed by atoms with Crippen molar-refractivity contribution in [3.8, 4) is 0 Å². The van der Waals surface area contributed by atoms with Gasteiger partial charge in [-0.1, -0.05) is 0 Å². The molecule has 0 saturated heterocycles. The molecule has 0 atom stereocenters. The zero-order valence-electron chi connectivity index (χ0n) is 10.4. The van der Waals surface area contributed by atoms with E-state index in [0.29, 0.717) is 17.7 Å². The van der Waals surface area contributed by atoms with Gasteiger partial charge in [0.1, 0.15) is 5.82 Å². The van der Waals surface area contributed by atoms with Crippen molar-refractivity contribution in [2.45, 2.75) is 13.5 Å². The Morgan fingerprint density at radius 1 is 1.39 bits per heavy atom. The Bertz CT molecular complexity index is 575. The first-order chi connectivity index (χ1) is 8.56. The Labute approximate surface area is 105 Å². The van der Waals surface area contributed by atoms with E-state index >= 15 is 0 Å². The van der Waals surface area contributed by atoms with Crippen LogP contribution in [0.5, 0.6) is 0 Å². The van der Waals surface area contributed by atoms with Crippen molar-refractivity contribution < 1.29 is 9.18 Å². The normalized spacial score (nSPS) is 10.4. The van der Waals surface area contributed by atoms with Crippen molar-refractivity contribution in [2.75, 3.05) is 0 Å². The maximum Gasteiger partial charge on any atom is 0.251 e. The molecular formula is C14H15FN2O. The molecule has 0 aliphatic heterocycles. The van der Waals surface area contributed by atoms with E-state index in [9.17, 15) is 9.18 Å². The van der Waals surface area contributed by atoms with Gasteiger partial charge in [0.05, 0.1) is 0 Å². The number of hydrogen-bond donors (Lipinski definition) is 1. The van der Waals surface area contributed by atoms with E-state index in [4.69, 9.17) is 0 Å². The summed E-state index contributed by atoms with van der Waals surface area (Å²) in [6.45, 7) is 2.19. The number of carbonyl (C=O) groups excluding carboxylic acids is 1. The summed E-state index contributed by atoms with van der Waals surface area (Å²) < 4.78 is 14.9. The summed E-state index contributed by atoms with van der Waals surface area (Å²) in [5.41, 5.74) is 2.18. The van der Waals surface area contributed by atoms with Gasteiger partial charge in [-0.3, -0.25) is 4.79 Å². The maximum atomic E-state index is 12.9. The van der Waals surface area contributed by atoms with E-state index in [1.54, 1.807) is 6.92 Å². The Morgan fingerprint density at radius 3 is 2.78 bits per heavy atom. The summed E-state index contributed by atoms with van der Waals surface area (Å²) in [5, 5.41) is 2.81. The van der Waals surface area contributed by atoms with E-state index in [0.717, 1.165) is 5.56 Å². The molecule has 0 saturated carbocycles. The fourth-order valence-corrected chi connectivity index (χ4v) is 1.82. The molecule has 2 rings (SSSR count). The smallest absolute Gasteiger partial charge is 0.251 e. The van der Waals surface area contributed by atoms with Crippen LogP contribution in [0, 0.1) is 12.7 Å². The molecule has 0 aliphatic rings. The minimum absolute atomic E-state index is 0.184. The van der Waals surface area contributed by atoms with Crippen LogP contribution >= 0.6 is 0 Å². The van der Waals surface area contributed by atoms with Crippen LogP contribution < -0.4 is 5.32 Å². The quantitative estimate of drug-likeness (QED) is 0.886. The topological polar surface area (TPSA) is 34.0 Å². The predicted molar refractivity (Wildman–Crippen MR) is 67.7 cm³/mol. The van der Waals surface area contributed by atoms with E-state index in [1.165, 1.54) is 18.2 Å². The first kappa shape index (κ1) is 12.4. The largest absolute Gasteiger partial charge is 0.357 e. The molecule has 0 fully saturated rings. The van der Waals surface area contributed by atoms with Gasteiger partial charge >= 0.3 is 0 Å². The molecule has 0 unspecified atom stereocenters. The number of carbonyl (C=O) groups is 1. The molecule has 1 aromatic carbocycles. The molecule has 0 aliphatic carbocycles. The van der Waals surface area contributed by atoms with Crippen molar-refractivity contribution in [3.05, 3.63) is 59.2 Å². The van der Waals surface area contributed by atoms with E-state index in [1.807, 2.05) is 30.1 Å². The van der Waals surface area contributed by atoms with E-state index < -0.39 is 0 Å².